The molecule has 0 spiro atoms. The molecule has 1 heterocycles. The Labute approximate surface area is 87.4 Å². The standard InChI is InChI=1S/C10H9NO4/c12-4-6-1-5-2-8(10(14)15)11-7(5)3-9(6)13/h1-3,11-13H,4H2,(H,14,15)/i1D,3D. The topological polar surface area (TPSA) is 93.5 Å². The minimum atomic E-state index is -1.22. The molecule has 0 amide bonds. The van der Waals surface area contributed by atoms with E-state index in [2.05, 4.69) is 4.98 Å². The van der Waals surface area contributed by atoms with Gasteiger partial charge in [0.1, 0.15) is 11.4 Å². The van der Waals surface area contributed by atoms with Gasteiger partial charge in [0.05, 0.1) is 9.35 Å². The lowest BCUT2D eigenvalue weighted by Gasteiger charge is -2.00. The Kier molecular flexibility index (Phi) is 1.60. The van der Waals surface area contributed by atoms with E-state index < -0.39 is 18.3 Å². The van der Waals surface area contributed by atoms with E-state index in [0.29, 0.717) is 0 Å². The Morgan fingerprint density at radius 3 is 2.87 bits per heavy atom. The van der Waals surface area contributed by atoms with E-state index in [1.54, 1.807) is 0 Å². The summed E-state index contributed by atoms with van der Waals surface area (Å²) in [5, 5.41) is 27.6. The van der Waals surface area contributed by atoms with Crippen LogP contribution in [-0.4, -0.2) is 26.3 Å². The summed E-state index contributed by atoms with van der Waals surface area (Å²) >= 11 is 0. The second-order valence-electron chi connectivity index (χ2n) is 3.01. The zero-order valence-electron chi connectivity index (χ0n) is 9.53. The summed E-state index contributed by atoms with van der Waals surface area (Å²) in [6, 6.07) is 0.698. The number of aliphatic hydroxyl groups excluding tert-OH is 1. The SMILES string of the molecule is [2H]c1c(CO)c(O)c([2H])c2[nH]c(C(=O)O)cc12. The molecule has 0 atom stereocenters. The average Bonchev–Trinajstić information content (AvgIpc) is 2.72. The third kappa shape index (κ3) is 1.53. The quantitative estimate of drug-likeness (QED) is 0.595. The molecule has 0 fully saturated rings. The summed E-state index contributed by atoms with van der Waals surface area (Å²) in [6.45, 7) is -0.583. The molecule has 4 N–H and O–H groups in total. The van der Waals surface area contributed by atoms with Crippen molar-refractivity contribution < 1.29 is 22.9 Å². The number of aromatic hydroxyl groups is 1. The van der Waals surface area contributed by atoms with Crippen LogP contribution in [0.3, 0.4) is 0 Å². The van der Waals surface area contributed by atoms with Crippen molar-refractivity contribution in [1.82, 2.24) is 4.98 Å². The van der Waals surface area contributed by atoms with E-state index in [1.165, 1.54) is 6.07 Å². The summed E-state index contributed by atoms with van der Waals surface area (Å²) in [7, 11) is 0. The first-order valence-corrected chi connectivity index (χ1v) is 4.15. The molecule has 0 radical (unpaired) electrons. The van der Waals surface area contributed by atoms with E-state index in [4.69, 9.17) is 13.0 Å². The van der Waals surface area contributed by atoms with Crippen molar-refractivity contribution in [2.75, 3.05) is 0 Å². The molecule has 0 aliphatic heterocycles. The lowest BCUT2D eigenvalue weighted by Crippen LogP contribution is -1.94. The Balaban J connectivity index is 2.89. The summed E-state index contributed by atoms with van der Waals surface area (Å²) in [5.74, 6) is -1.73. The number of phenols is 1. The van der Waals surface area contributed by atoms with Gasteiger partial charge in [0, 0.05) is 22.5 Å². The van der Waals surface area contributed by atoms with Crippen molar-refractivity contribution in [2.24, 2.45) is 0 Å². The van der Waals surface area contributed by atoms with Gasteiger partial charge in [-0.05, 0) is 12.1 Å². The molecule has 0 aliphatic carbocycles. The summed E-state index contributed by atoms with van der Waals surface area (Å²) in [4.78, 5) is 13.2. The van der Waals surface area contributed by atoms with Crippen LogP contribution in [-0.2, 0) is 6.61 Å². The van der Waals surface area contributed by atoms with Gasteiger partial charge in [0.15, 0.2) is 0 Å². The van der Waals surface area contributed by atoms with Gasteiger partial charge in [0.25, 0.3) is 0 Å². The number of aromatic amines is 1. The van der Waals surface area contributed by atoms with Gasteiger partial charge >= 0.3 is 5.97 Å². The normalized spacial score (nSPS) is 12.6. The number of carbonyl (C=O) groups is 1. The number of aliphatic hydroxyl groups is 1. The molecule has 0 aliphatic rings. The molecule has 1 aromatic carbocycles. The van der Waals surface area contributed by atoms with Crippen molar-refractivity contribution in [3.8, 4) is 5.75 Å². The maximum absolute atomic E-state index is 10.8. The highest BCUT2D eigenvalue weighted by Gasteiger charge is 2.09. The van der Waals surface area contributed by atoms with E-state index in [1.807, 2.05) is 0 Å². The van der Waals surface area contributed by atoms with Crippen molar-refractivity contribution in [3.05, 3.63) is 29.4 Å². The predicted octanol–water partition coefficient (Wildman–Crippen LogP) is 1.06. The zero-order chi connectivity index (χ0) is 12.7. The van der Waals surface area contributed by atoms with Crippen LogP contribution in [0.4, 0.5) is 0 Å². The van der Waals surface area contributed by atoms with Crippen LogP contribution in [0.15, 0.2) is 18.2 Å². The second kappa shape index (κ2) is 3.29. The molecule has 15 heavy (non-hydrogen) atoms. The Hall–Kier alpha value is -2.01. The largest absolute Gasteiger partial charge is 0.508 e. The molecule has 1 aromatic heterocycles. The molecular formula is C10H9NO4. The Morgan fingerprint density at radius 1 is 1.53 bits per heavy atom. The summed E-state index contributed by atoms with van der Waals surface area (Å²) < 4.78 is 15.3. The maximum Gasteiger partial charge on any atom is 0.352 e. The zero-order valence-corrected chi connectivity index (χ0v) is 7.53. The molecule has 5 nitrogen and oxygen atoms in total. The van der Waals surface area contributed by atoms with Gasteiger partial charge in [-0.25, -0.2) is 4.79 Å². The molecule has 78 valence electrons. The van der Waals surface area contributed by atoms with Gasteiger partial charge in [-0.2, -0.15) is 0 Å². The smallest absolute Gasteiger partial charge is 0.352 e. The fraction of sp³-hybridized carbons (Fsp3) is 0.100. The first-order chi connectivity index (χ1) is 7.97. The number of aromatic carboxylic acids is 1. The van der Waals surface area contributed by atoms with Crippen molar-refractivity contribution >= 4 is 16.9 Å². The van der Waals surface area contributed by atoms with Crippen molar-refractivity contribution in [3.63, 3.8) is 0 Å². The fourth-order valence-electron chi connectivity index (χ4n) is 1.30. The van der Waals surface area contributed by atoms with Gasteiger partial charge in [0.2, 0.25) is 0 Å². The lowest BCUT2D eigenvalue weighted by molar-refractivity contribution is 0.0691. The number of nitrogens with one attached hydrogen (secondary N) is 1. The molecular weight excluding hydrogens is 198 g/mol. The van der Waals surface area contributed by atoms with Crippen LogP contribution in [0.25, 0.3) is 10.9 Å². The van der Waals surface area contributed by atoms with Crippen molar-refractivity contribution in [2.45, 2.75) is 6.61 Å². The summed E-state index contributed by atoms with van der Waals surface area (Å²) in [6.07, 6.45) is 0. The monoisotopic (exact) mass is 209 g/mol. The molecule has 5 heteroatoms. The number of aromatic nitrogens is 1. The average molecular weight is 209 g/mol. The third-order valence-corrected chi connectivity index (χ3v) is 2.02. The lowest BCUT2D eigenvalue weighted by atomic mass is 10.1. The van der Waals surface area contributed by atoms with E-state index >= 15 is 0 Å². The Bertz CT molecular complexity index is 621. The van der Waals surface area contributed by atoms with E-state index in [9.17, 15) is 9.90 Å². The van der Waals surface area contributed by atoms with Crippen LogP contribution in [0.2, 0.25) is 0 Å². The first-order valence-electron chi connectivity index (χ1n) is 5.15. The first kappa shape index (κ1) is 7.30. The second-order valence-corrected chi connectivity index (χ2v) is 3.01. The number of H-pyrrole nitrogens is 1. The third-order valence-electron chi connectivity index (χ3n) is 2.02. The summed E-state index contributed by atoms with van der Waals surface area (Å²) in [5.41, 5.74) is -0.183. The Morgan fingerprint density at radius 2 is 2.27 bits per heavy atom. The molecule has 0 saturated carbocycles. The van der Waals surface area contributed by atoms with Crippen LogP contribution in [0.1, 0.15) is 18.8 Å². The highest BCUT2D eigenvalue weighted by molar-refractivity contribution is 5.94. The maximum atomic E-state index is 10.8. The molecule has 0 unspecified atom stereocenters. The van der Waals surface area contributed by atoms with Crippen LogP contribution < -0.4 is 0 Å². The van der Waals surface area contributed by atoms with Gasteiger partial charge < -0.3 is 20.3 Å². The number of hydrogen-bond acceptors (Lipinski definition) is 3. The van der Waals surface area contributed by atoms with Crippen LogP contribution in [0, 0.1) is 0 Å². The van der Waals surface area contributed by atoms with Crippen LogP contribution in [0.5, 0.6) is 5.75 Å². The number of benzene rings is 1. The minimum absolute atomic E-state index is 0.0714. The van der Waals surface area contributed by atoms with Gasteiger partial charge in [-0.15, -0.1) is 0 Å². The van der Waals surface area contributed by atoms with E-state index in [-0.39, 0.29) is 34.2 Å². The highest BCUT2D eigenvalue weighted by Crippen LogP contribution is 2.25. The molecule has 0 saturated heterocycles. The van der Waals surface area contributed by atoms with Crippen LogP contribution >= 0.6 is 0 Å². The number of carboxylic acid groups (broad SMARTS) is 1. The van der Waals surface area contributed by atoms with Crippen molar-refractivity contribution in [1.29, 1.82) is 0 Å². The minimum Gasteiger partial charge on any atom is -0.508 e. The number of hydrogen-bond donors (Lipinski definition) is 4. The number of carboxylic acids is 1. The van der Waals surface area contributed by atoms with E-state index in [0.717, 1.165) is 0 Å². The van der Waals surface area contributed by atoms with Gasteiger partial charge in [-0.3, -0.25) is 0 Å². The molecule has 2 aromatic rings. The molecule has 0 bridgehead atoms. The molecule has 2 rings (SSSR count). The highest BCUT2D eigenvalue weighted by atomic mass is 16.4. The number of fused-ring (bicyclic) bond motifs is 1. The van der Waals surface area contributed by atoms with Gasteiger partial charge in [-0.1, -0.05) is 0 Å². The number of rotatable bonds is 2. The fourth-order valence-corrected chi connectivity index (χ4v) is 1.30. The predicted molar refractivity (Wildman–Crippen MR) is 52.8 cm³/mol.